The van der Waals surface area contributed by atoms with E-state index in [-0.39, 0.29) is 17.4 Å². The van der Waals surface area contributed by atoms with Crippen LogP contribution in [0.25, 0.3) is 0 Å². The van der Waals surface area contributed by atoms with Crippen molar-refractivity contribution in [3.8, 4) is 0 Å². The van der Waals surface area contributed by atoms with Crippen LogP contribution < -0.4 is 0 Å². The predicted octanol–water partition coefficient (Wildman–Crippen LogP) is 3.16. The summed E-state index contributed by atoms with van der Waals surface area (Å²) in [5, 5.41) is 0. The summed E-state index contributed by atoms with van der Waals surface area (Å²) in [6.07, 6.45) is 6.25. The molecule has 2 unspecified atom stereocenters. The standard InChI is InChI=1S/C26H37N3O4/c1-19(30)28-17-20-5-3-4-6-24(20)26(18-28)9-11-27(12-10-26)23-15-21-7-8-22(16-23)29(21)25(31)33-14-13-32-2/h3-6,21-23H,7-18H2,1-2H3. The van der Waals surface area contributed by atoms with E-state index in [1.165, 1.54) is 11.1 Å². The molecule has 3 saturated heterocycles. The Labute approximate surface area is 197 Å². The van der Waals surface area contributed by atoms with Crippen molar-refractivity contribution in [1.29, 1.82) is 0 Å². The number of ether oxygens (including phenoxy) is 2. The minimum Gasteiger partial charge on any atom is -0.447 e. The molecule has 5 rings (SSSR count). The number of benzene rings is 1. The Bertz CT molecular complexity index is 868. The molecule has 33 heavy (non-hydrogen) atoms. The molecular formula is C26H37N3O4. The normalized spacial score (nSPS) is 28.6. The second kappa shape index (κ2) is 9.26. The lowest BCUT2D eigenvalue weighted by atomic mass is 9.68. The zero-order chi connectivity index (χ0) is 23.0. The van der Waals surface area contributed by atoms with Crippen LogP contribution in [0.15, 0.2) is 24.3 Å². The molecule has 4 aliphatic rings. The molecule has 4 aliphatic heterocycles. The molecule has 7 heteroatoms. The maximum Gasteiger partial charge on any atom is 0.410 e. The molecule has 3 fully saturated rings. The van der Waals surface area contributed by atoms with E-state index in [4.69, 9.17) is 9.47 Å². The summed E-state index contributed by atoms with van der Waals surface area (Å²) in [6, 6.07) is 9.84. The van der Waals surface area contributed by atoms with Gasteiger partial charge >= 0.3 is 6.09 Å². The molecule has 0 N–H and O–H groups in total. The van der Waals surface area contributed by atoms with Gasteiger partial charge in [0.1, 0.15) is 6.61 Å². The SMILES string of the molecule is COCCOC(=O)N1C2CCC1CC(N1CCC3(CC1)CN(C(C)=O)Cc1ccccc13)C2. The number of methoxy groups -OCH3 is 1. The molecule has 1 aromatic carbocycles. The molecule has 0 saturated carbocycles. The number of nitrogens with zero attached hydrogens (tertiary/aromatic N) is 3. The molecule has 180 valence electrons. The second-order valence-corrected chi connectivity index (χ2v) is 10.4. The Morgan fingerprint density at radius 2 is 1.73 bits per heavy atom. The topological polar surface area (TPSA) is 62.3 Å². The van der Waals surface area contributed by atoms with Gasteiger partial charge in [-0.25, -0.2) is 4.79 Å². The van der Waals surface area contributed by atoms with Crippen molar-refractivity contribution in [3.63, 3.8) is 0 Å². The molecule has 2 amide bonds. The molecule has 2 bridgehead atoms. The minimum absolute atomic E-state index is 0.0713. The van der Waals surface area contributed by atoms with Crippen LogP contribution in [0.4, 0.5) is 4.79 Å². The van der Waals surface area contributed by atoms with Crippen LogP contribution in [-0.2, 0) is 26.2 Å². The number of amides is 2. The summed E-state index contributed by atoms with van der Waals surface area (Å²) in [4.78, 5) is 31.6. The van der Waals surface area contributed by atoms with Gasteiger partial charge in [-0.2, -0.15) is 0 Å². The van der Waals surface area contributed by atoms with Crippen LogP contribution in [0.3, 0.4) is 0 Å². The average molecular weight is 456 g/mol. The molecule has 0 aromatic heterocycles. The van der Waals surface area contributed by atoms with Crippen molar-refractivity contribution in [2.24, 2.45) is 0 Å². The van der Waals surface area contributed by atoms with Crippen molar-refractivity contribution in [2.45, 2.75) is 75.5 Å². The lowest BCUT2D eigenvalue weighted by Crippen LogP contribution is -2.57. The monoisotopic (exact) mass is 455 g/mol. The maximum absolute atomic E-state index is 12.6. The lowest BCUT2D eigenvalue weighted by molar-refractivity contribution is -0.131. The summed E-state index contributed by atoms with van der Waals surface area (Å²) >= 11 is 0. The summed E-state index contributed by atoms with van der Waals surface area (Å²) in [5.74, 6) is 0.174. The number of hydrogen-bond donors (Lipinski definition) is 0. The smallest absolute Gasteiger partial charge is 0.410 e. The number of rotatable bonds is 4. The Morgan fingerprint density at radius 3 is 2.39 bits per heavy atom. The Kier molecular flexibility index (Phi) is 6.36. The third kappa shape index (κ3) is 4.26. The van der Waals surface area contributed by atoms with Crippen molar-refractivity contribution < 1.29 is 19.1 Å². The summed E-state index contributed by atoms with van der Waals surface area (Å²) in [6.45, 7) is 6.15. The first kappa shape index (κ1) is 22.7. The third-order valence-electron chi connectivity index (χ3n) is 8.59. The minimum atomic E-state index is -0.168. The number of fused-ring (bicyclic) bond motifs is 4. The fraction of sp³-hybridized carbons (Fsp3) is 0.692. The van der Waals surface area contributed by atoms with E-state index >= 15 is 0 Å². The summed E-state index contributed by atoms with van der Waals surface area (Å²) in [5.41, 5.74) is 2.84. The van der Waals surface area contributed by atoms with E-state index in [0.717, 1.165) is 64.7 Å². The first-order chi connectivity index (χ1) is 16.0. The fourth-order valence-electron chi connectivity index (χ4n) is 6.89. The van der Waals surface area contributed by atoms with Gasteiger partial charge in [-0.1, -0.05) is 24.3 Å². The van der Waals surface area contributed by atoms with E-state index in [2.05, 4.69) is 29.2 Å². The van der Waals surface area contributed by atoms with Crippen LogP contribution in [0.5, 0.6) is 0 Å². The molecule has 0 aliphatic carbocycles. The zero-order valence-corrected chi connectivity index (χ0v) is 20.0. The quantitative estimate of drug-likeness (QED) is 0.653. The van der Waals surface area contributed by atoms with E-state index < -0.39 is 0 Å². The highest BCUT2D eigenvalue weighted by Crippen LogP contribution is 2.44. The summed E-state index contributed by atoms with van der Waals surface area (Å²) < 4.78 is 10.4. The first-order valence-electron chi connectivity index (χ1n) is 12.5. The molecule has 7 nitrogen and oxygen atoms in total. The Balaban J connectivity index is 1.24. The van der Waals surface area contributed by atoms with Gasteiger partial charge in [-0.15, -0.1) is 0 Å². The van der Waals surface area contributed by atoms with Crippen LogP contribution in [-0.4, -0.2) is 84.8 Å². The molecule has 4 heterocycles. The maximum atomic E-state index is 12.6. The second-order valence-electron chi connectivity index (χ2n) is 10.4. The van der Waals surface area contributed by atoms with E-state index in [0.29, 0.717) is 31.3 Å². The largest absolute Gasteiger partial charge is 0.447 e. The van der Waals surface area contributed by atoms with E-state index in [1.54, 1.807) is 14.0 Å². The third-order valence-corrected chi connectivity index (χ3v) is 8.59. The van der Waals surface area contributed by atoms with E-state index in [1.807, 2.05) is 9.80 Å². The van der Waals surface area contributed by atoms with Gasteiger partial charge in [0.05, 0.1) is 6.61 Å². The Hall–Kier alpha value is -2.12. The van der Waals surface area contributed by atoms with Gasteiger partial charge in [-0.3, -0.25) is 4.79 Å². The van der Waals surface area contributed by atoms with Crippen molar-refractivity contribution in [2.75, 3.05) is 40.0 Å². The van der Waals surface area contributed by atoms with Gasteiger partial charge in [-0.05, 0) is 62.7 Å². The van der Waals surface area contributed by atoms with Crippen molar-refractivity contribution >= 4 is 12.0 Å². The van der Waals surface area contributed by atoms with Crippen molar-refractivity contribution in [3.05, 3.63) is 35.4 Å². The first-order valence-corrected chi connectivity index (χ1v) is 12.5. The Morgan fingerprint density at radius 1 is 1.03 bits per heavy atom. The zero-order valence-electron chi connectivity index (χ0n) is 20.0. The molecule has 2 atom stereocenters. The highest BCUT2D eigenvalue weighted by Gasteiger charge is 2.48. The highest BCUT2D eigenvalue weighted by atomic mass is 16.6. The van der Waals surface area contributed by atoms with E-state index in [9.17, 15) is 9.59 Å². The number of likely N-dealkylation sites (tertiary alicyclic amines) is 1. The van der Waals surface area contributed by atoms with Crippen LogP contribution in [0, 0.1) is 0 Å². The van der Waals surface area contributed by atoms with Gasteiger partial charge in [0.25, 0.3) is 0 Å². The van der Waals surface area contributed by atoms with Crippen LogP contribution in [0.2, 0.25) is 0 Å². The number of carbonyl (C=O) groups is 2. The number of piperidine rings is 2. The van der Waals surface area contributed by atoms with Crippen molar-refractivity contribution in [1.82, 2.24) is 14.7 Å². The average Bonchev–Trinajstić information content (AvgIpc) is 3.09. The number of carbonyl (C=O) groups excluding carboxylic acids is 2. The van der Waals surface area contributed by atoms with Gasteiger partial charge < -0.3 is 24.2 Å². The van der Waals surface area contributed by atoms with Gasteiger partial charge in [0.15, 0.2) is 0 Å². The number of hydrogen-bond acceptors (Lipinski definition) is 5. The molecular weight excluding hydrogens is 418 g/mol. The van der Waals surface area contributed by atoms with Crippen LogP contribution in [0.1, 0.15) is 56.6 Å². The molecule has 0 radical (unpaired) electrons. The molecule has 1 aromatic rings. The van der Waals surface area contributed by atoms with Gasteiger partial charge in [0, 0.05) is 50.7 Å². The molecule has 1 spiro atoms. The summed E-state index contributed by atoms with van der Waals surface area (Å²) in [7, 11) is 1.62. The highest BCUT2D eigenvalue weighted by molar-refractivity contribution is 5.74. The lowest BCUT2D eigenvalue weighted by Gasteiger charge is -2.51. The predicted molar refractivity (Wildman–Crippen MR) is 125 cm³/mol. The fourth-order valence-corrected chi connectivity index (χ4v) is 6.89. The van der Waals surface area contributed by atoms with Gasteiger partial charge in [0.2, 0.25) is 5.91 Å². The van der Waals surface area contributed by atoms with Crippen LogP contribution >= 0.6 is 0 Å².